The van der Waals surface area contributed by atoms with Crippen molar-refractivity contribution in [2.45, 2.75) is 44.8 Å². The standard InChI is InChI=1S/C12H20N2O4/c1-8(9-3-2-6-18-9)14-11(17)13-7-12(4-5-12)10(15)16/h8-9H,2-7H2,1H3,(H,15,16)(H2,13,14,17). The van der Waals surface area contributed by atoms with E-state index in [1.54, 1.807) is 0 Å². The Labute approximate surface area is 106 Å². The van der Waals surface area contributed by atoms with Crippen molar-refractivity contribution in [2.24, 2.45) is 5.41 Å². The van der Waals surface area contributed by atoms with E-state index < -0.39 is 11.4 Å². The molecule has 1 saturated heterocycles. The van der Waals surface area contributed by atoms with Gasteiger partial charge in [0.2, 0.25) is 0 Å². The summed E-state index contributed by atoms with van der Waals surface area (Å²) in [5.74, 6) is -0.824. The maximum absolute atomic E-state index is 11.6. The normalized spacial score (nSPS) is 26.4. The van der Waals surface area contributed by atoms with Crippen LogP contribution in [0.1, 0.15) is 32.6 Å². The zero-order valence-corrected chi connectivity index (χ0v) is 10.6. The Bertz CT molecular complexity index is 335. The van der Waals surface area contributed by atoms with E-state index in [1.165, 1.54) is 0 Å². The number of carbonyl (C=O) groups is 2. The fraction of sp³-hybridized carbons (Fsp3) is 0.833. The number of nitrogens with one attached hydrogen (secondary N) is 2. The monoisotopic (exact) mass is 256 g/mol. The van der Waals surface area contributed by atoms with Crippen molar-refractivity contribution in [3.8, 4) is 0 Å². The average molecular weight is 256 g/mol. The van der Waals surface area contributed by atoms with Crippen LogP contribution in [0.4, 0.5) is 4.79 Å². The van der Waals surface area contributed by atoms with Gasteiger partial charge in [0.25, 0.3) is 0 Å². The molecule has 6 heteroatoms. The first kappa shape index (κ1) is 13.1. The van der Waals surface area contributed by atoms with E-state index in [0.29, 0.717) is 12.8 Å². The van der Waals surface area contributed by atoms with E-state index in [0.717, 1.165) is 19.4 Å². The second kappa shape index (κ2) is 5.14. The number of hydrogen-bond acceptors (Lipinski definition) is 3. The van der Waals surface area contributed by atoms with Crippen LogP contribution in [0.5, 0.6) is 0 Å². The number of carboxylic acid groups (broad SMARTS) is 1. The molecule has 2 rings (SSSR count). The van der Waals surface area contributed by atoms with Crippen LogP contribution in [-0.4, -0.2) is 42.4 Å². The van der Waals surface area contributed by atoms with Crippen molar-refractivity contribution < 1.29 is 19.4 Å². The second-order valence-electron chi connectivity index (χ2n) is 5.25. The Kier molecular flexibility index (Phi) is 3.75. The maximum Gasteiger partial charge on any atom is 0.315 e. The van der Waals surface area contributed by atoms with Crippen molar-refractivity contribution in [2.75, 3.05) is 13.2 Å². The van der Waals surface area contributed by atoms with Gasteiger partial charge in [-0.2, -0.15) is 0 Å². The van der Waals surface area contributed by atoms with Gasteiger partial charge in [0.05, 0.1) is 17.6 Å². The number of amides is 2. The lowest BCUT2D eigenvalue weighted by atomic mass is 10.1. The van der Waals surface area contributed by atoms with Crippen molar-refractivity contribution in [1.29, 1.82) is 0 Å². The summed E-state index contributed by atoms with van der Waals surface area (Å²) in [6.07, 6.45) is 3.35. The molecular weight excluding hydrogens is 236 g/mol. The summed E-state index contributed by atoms with van der Waals surface area (Å²) in [5.41, 5.74) is -0.718. The summed E-state index contributed by atoms with van der Waals surface area (Å²) in [6.45, 7) is 2.85. The Morgan fingerprint density at radius 2 is 2.22 bits per heavy atom. The number of rotatable bonds is 5. The molecule has 0 aromatic heterocycles. The average Bonchev–Trinajstić information content (AvgIpc) is 2.92. The zero-order chi connectivity index (χ0) is 13.2. The topological polar surface area (TPSA) is 87.7 Å². The van der Waals surface area contributed by atoms with Crippen LogP contribution >= 0.6 is 0 Å². The van der Waals surface area contributed by atoms with Gasteiger partial charge < -0.3 is 20.5 Å². The van der Waals surface area contributed by atoms with Crippen LogP contribution in [0.3, 0.4) is 0 Å². The molecule has 1 heterocycles. The SMILES string of the molecule is CC(NC(=O)NCC1(C(=O)O)CC1)C1CCCO1. The van der Waals surface area contributed by atoms with Gasteiger partial charge in [-0.1, -0.05) is 0 Å². The molecule has 0 bridgehead atoms. The lowest BCUT2D eigenvalue weighted by molar-refractivity contribution is -0.143. The molecule has 2 aliphatic rings. The van der Waals surface area contributed by atoms with Gasteiger partial charge in [0.15, 0.2) is 0 Å². The minimum absolute atomic E-state index is 0.0486. The highest BCUT2D eigenvalue weighted by molar-refractivity contribution is 5.80. The van der Waals surface area contributed by atoms with Crippen LogP contribution in [0.15, 0.2) is 0 Å². The Balaban J connectivity index is 1.70. The van der Waals surface area contributed by atoms with Gasteiger partial charge in [-0.15, -0.1) is 0 Å². The fourth-order valence-electron chi connectivity index (χ4n) is 2.21. The molecular formula is C12H20N2O4. The van der Waals surface area contributed by atoms with Gasteiger partial charge in [-0.3, -0.25) is 4.79 Å². The van der Waals surface area contributed by atoms with E-state index in [4.69, 9.17) is 9.84 Å². The van der Waals surface area contributed by atoms with E-state index in [1.807, 2.05) is 6.92 Å². The quantitative estimate of drug-likeness (QED) is 0.676. The van der Waals surface area contributed by atoms with Crippen LogP contribution in [0.2, 0.25) is 0 Å². The minimum atomic E-state index is -0.824. The molecule has 1 aliphatic heterocycles. The number of carboxylic acids is 1. The smallest absolute Gasteiger partial charge is 0.315 e. The summed E-state index contributed by atoms with van der Waals surface area (Å²) in [4.78, 5) is 22.6. The van der Waals surface area contributed by atoms with E-state index in [2.05, 4.69) is 10.6 Å². The van der Waals surface area contributed by atoms with Gasteiger partial charge in [-0.25, -0.2) is 4.79 Å². The lowest BCUT2D eigenvalue weighted by Crippen LogP contribution is -2.47. The Hall–Kier alpha value is -1.30. The molecule has 1 saturated carbocycles. The molecule has 2 unspecified atom stereocenters. The lowest BCUT2D eigenvalue weighted by Gasteiger charge is -2.21. The van der Waals surface area contributed by atoms with Crippen LogP contribution < -0.4 is 10.6 Å². The molecule has 0 aromatic carbocycles. The Morgan fingerprint density at radius 3 is 2.72 bits per heavy atom. The number of urea groups is 1. The largest absolute Gasteiger partial charge is 0.481 e. The first-order valence-corrected chi connectivity index (χ1v) is 6.43. The van der Waals surface area contributed by atoms with Crippen LogP contribution in [0.25, 0.3) is 0 Å². The molecule has 0 aromatic rings. The summed E-state index contributed by atoms with van der Waals surface area (Å²) in [6, 6.07) is -0.363. The number of carbonyl (C=O) groups excluding carboxylic acids is 1. The molecule has 102 valence electrons. The van der Waals surface area contributed by atoms with E-state index in [-0.39, 0.29) is 24.7 Å². The number of aliphatic carboxylic acids is 1. The molecule has 3 N–H and O–H groups in total. The zero-order valence-electron chi connectivity index (χ0n) is 10.6. The van der Waals surface area contributed by atoms with Gasteiger partial charge >= 0.3 is 12.0 Å². The van der Waals surface area contributed by atoms with E-state index >= 15 is 0 Å². The fourth-order valence-corrected chi connectivity index (χ4v) is 2.21. The summed E-state index contributed by atoms with van der Waals surface area (Å²) < 4.78 is 5.47. The summed E-state index contributed by atoms with van der Waals surface area (Å²) >= 11 is 0. The predicted octanol–water partition coefficient (Wildman–Crippen LogP) is 0.718. The van der Waals surface area contributed by atoms with Crippen LogP contribution in [-0.2, 0) is 9.53 Å². The summed E-state index contributed by atoms with van der Waals surface area (Å²) in [7, 11) is 0. The molecule has 18 heavy (non-hydrogen) atoms. The molecule has 6 nitrogen and oxygen atoms in total. The molecule has 1 aliphatic carbocycles. The Morgan fingerprint density at radius 1 is 1.50 bits per heavy atom. The van der Waals surface area contributed by atoms with Crippen molar-refractivity contribution in [3.05, 3.63) is 0 Å². The second-order valence-corrected chi connectivity index (χ2v) is 5.25. The molecule has 0 spiro atoms. The van der Waals surface area contributed by atoms with Gasteiger partial charge in [0.1, 0.15) is 0 Å². The third-order valence-electron chi connectivity index (χ3n) is 3.78. The van der Waals surface area contributed by atoms with E-state index in [9.17, 15) is 9.59 Å². The molecule has 0 radical (unpaired) electrons. The van der Waals surface area contributed by atoms with Crippen molar-refractivity contribution >= 4 is 12.0 Å². The summed E-state index contributed by atoms with van der Waals surface area (Å²) in [5, 5.41) is 14.4. The third kappa shape index (κ3) is 2.93. The van der Waals surface area contributed by atoms with Gasteiger partial charge in [0, 0.05) is 13.2 Å². The highest BCUT2D eigenvalue weighted by Gasteiger charge is 2.50. The highest BCUT2D eigenvalue weighted by atomic mass is 16.5. The van der Waals surface area contributed by atoms with Crippen molar-refractivity contribution in [1.82, 2.24) is 10.6 Å². The number of ether oxygens (including phenoxy) is 1. The maximum atomic E-state index is 11.6. The first-order chi connectivity index (χ1) is 8.53. The number of hydrogen-bond donors (Lipinski definition) is 3. The first-order valence-electron chi connectivity index (χ1n) is 6.43. The van der Waals surface area contributed by atoms with Crippen molar-refractivity contribution in [3.63, 3.8) is 0 Å². The molecule has 2 amide bonds. The predicted molar refractivity (Wildman–Crippen MR) is 64.3 cm³/mol. The van der Waals surface area contributed by atoms with Gasteiger partial charge in [-0.05, 0) is 32.6 Å². The minimum Gasteiger partial charge on any atom is -0.481 e. The highest BCUT2D eigenvalue weighted by Crippen LogP contribution is 2.45. The third-order valence-corrected chi connectivity index (χ3v) is 3.78. The molecule has 2 fully saturated rings. The molecule has 2 atom stereocenters. The van der Waals surface area contributed by atoms with Crippen LogP contribution in [0, 0.1) is 5.41 Å².